The average Bonchev–Trinajstić information content (AvgIpc) is 3.24. The summed E-state index contributed by atoms with van der Waals surface area (Å²) in [6, 6.07) is 19.9. The van der Waals surface area contributed by atoms with Crippen LogP contribution >= 0.6 is 0 Å². The number of benzene rings is 2. The molecule has 0 saturated carbocycles. The zero-order valence-corrected chi connectivity index (χ0v) is 16.1. The van der Waals surface area contributed by atoms with Gasteiger partial charge in [0.1, 0.15) is 0 Å². The molecule has 0 fully saturated rings. The average molecular weight is 378 g/mol. The number of amides is 2. The minimum absolute atomic E-state index is 0.102. The molecule has 0 aliphatic heterocycles. The molecule has 2 amide bonds. The van der Waals surface area contributed by atoms with Crippen molar-refractivity contribution >= 4 is 6.03 Å². The van der Waals surface area contributed by atoms with Gasteiger partial charge in [0.05, 0.1) is 13.2 Å². The molecule has 0 aliphatic rings. The highest BCUT2D eigenvalue weighted by molar-refractivity contribution is 5.74. The Hall–Kier alpha value is -3.12. The summed E-state index contributed by atoms with van der Waals surface area (Å²) in [4.78, 5) is 14.6. The highest BCUT2D eigenvalue weighted by atomic mass is 16.5. The molecular formula is C22H26N4O2. The van der Waals surface area contributed by atoms with Crippen molar-refractivity contribution in [3.8, 4) is 0 Å². The Bertz CT molecular complexity index is 850. The van der Waals surface area contributed by atoms with Crippen LogP contribution in [0, 0.1) is 0 Å². The second-order valence-electron chi connectivity index (χ2n) is 6.53. The van der Waals surface area contributed by atoms with Gasteiger partial charge in [-0.3, -0.25) is 4.68 Å². The largest absolute Gasteiger partial charge is 0.383 e. The monoisotopic (exact) mass is 378 g/mol. The lowest BCUT2D eigenvalue weighted by Gasteiger charge is -2.23. The maximum atomic E-state index is 12.8. The molecule has 28 heavy (non-hydrogen) atoms. The number of hydrogen-bond acceptors (Lipinski definition) is 3. The summed E-state index contributed by atoms with van der Waals surface area (Å²) in [5.41, 5.74) is 3.31. The van der Waals surface area contributed by atoms with Crippen LogP contribution in [-0.4, -0.2) is 41.0 Å². The lowest BCUT2D eigenvalue weighted by Crippen LogP contribution is -2.41. The van der Waals surface area contributed by atoms with E-state index in [0.29, 0.717) is 32.8 Å². The lowest BCUT2D eigenvalue weighted by atomic mass is 10.1. The van der Waals surface area contributed by atoms with Crippen LogP contribution in [0.3, 0.4) is 0 Å². The number of aromatic nitrogens is 2. The molecule has 0 aliphatic carbocycles. The van der Waals surface area contributed by atoms with Crippen molar-refractivity contribution in [3.05, 3.63) is 89.7 Å². The summed E-state index contributed by atoms with van der Waals surface area (Å²) in [6.07, 6.45) is 3.70. The summed E-state index contributed by atoms with van der Waals surface area (Å²) < 4.78 is 7.05. The molecule has 0 unspecified atom stereocenters. The van der Waals surface area contributed by atoms with Gasteiger partial charge in [-0.2, -0.15) is 5.10 Å². The molecule has 3 aromatic rings. The van der Waals surface area contributed by atoms with Gasteiger partial charge < -0.3 is 15.0 Å². The topological polar surface area (TPSA) is 59.4 Å². The maximum Gasteiger partial charge on any atom is 0.318 e. The Kier molecular flexibility index (Phi) is 7.21. The van der Waals surface area contributed by atoms with E-state index in [0.717, 1.165) is 16.7 Å². The number of carbonyl (C=O) groups is 1. The zero-order chi connectivity index (χ0) is 19.6. The van der Waals surface area contributed by atoms with E-state index in [2.05, 4.69) is 16.5 Å². The van der Waals surface area contributed by atoms with Crippen molar-refractivity contribution in [2.45, 2.75) is 19.6 Å². The van der Waals surface area contributed by atoms with Crippen LogP contribution in [0.4, 0.5) is 4.79 Å². The fourth-order valence-corrected chi connectivity index (χ4v) is 2.99. The molecule has 2 aromatic carbocycles. The molecule has 1 heterocycles. The molecule has 0 spiro atoms. The van der Waals surface area contributed by atoms with Crippen LogP contribution in [0.1, 0.15) is 16.7 Å². The first-order valence-electron chi connectivity index (χ1n) is 9.36. The molecule has 6 nitrogen and oxygen atoms in total. The van der Waals surface area contributed by atoms with Crippen molar-refractivity contribution in [1.29, 1.82) is 0 Å². The number of ether oxygens (including phenoxy) is 1. The molecule has 1 aromatic heterocycles. The van der Waals surface area contributed by atoms with Gasteiger partial charge in [-0.15, -0.1) is 0 Å². The SMILES string of the molecule is COCCN(Cc1ccccc1)C(=O)NCc1ccccc1Cn1cccn1. The third-order valence-electron chi connectivity index (χ3n) is 4.51. The van der Waals surface area contributed by atoms with Crippen molar-refractivity contribution in [3.63, 3.8) is 0 Å². The first kappa shape index (κ1) is 19.6. The molecular weight excluding hydrogens is 352 g/mol. The smallest absolute Gasteiger partial charge is 0.318 e. The van der Waals surface area contributed by atoms with Crippen molar-refractivity contribution in [2.75, 3.05) is 20.3 Å². The number of carbonyl (C=O) groups excluding carboxylic acids is 1. The predicted octanol–water partition coefficient (Wildman–Crippen LogP) is 3.29. The molecule has 0 radical (unpaired) electrons. The van der Waals surface area contributed by atoms with Gasteiger partial charge in [-0.25, -0.2) is 4.79 Å². The second-order valence-corrected chi connectivity index (χ2v) is 6.53. The van der Waals surface area contributed by atoms with E-state index < -0.39 is 0 Å². The van der Waals surface area contributed by atoms with Crippen LogP contribution in [0.2, 0.25) is 0 Å². The van der Waals surface area contributed by atoms with Gasteiger partial charge >= 0.3 is 6.03 Å². The number of nitrogens with one attached hydrogen (secondary N) is 1. The number of hydrogen-bond donors (Lipinski definition) is 1. The summed E-state index contributed by atoms with van der Waals surface area (Å²) in [5.74, 6) is 0. The van der Waals surface area contributed by atoms with Crippen molar-refractivity contribution < 1.29 is 9.53 Å². The zero-order valence-electron chi connectivity index (χ0n) is 16.1. The molecule has 0 bridgehead atoms. The van der Waals surface area contributed by atoms with Gasteiger partial charge in [0.15, 0.2) is 0 Å². The first-order valence-corrected chi connectivity index (χ1v) is 9.36. The van der Waals surface area contributed by atoms with Gasteiger partial charge in [0, 0.05) is 39.1 Å². The summed E-state index contributed by atoms with van der Waals surface area (Å²) in [7, 11) is 1.64. The third-order valence-corrected chi connectivity index (χ3v) is 4.51. The molecule has 3 rings (SSSR count). The fourth-order valence-electron chi connectivity index (χ4n) is 2.99. The number of methoxy groups -OCH3 is 1. The summed E-state index contributed by atoms with van der Waals surface area (Å²) in [5, 5.41) is 7.31. The molecule has 0 atom stereocenters. The van der Waals surface area contributed by atoms with Gasteiger partial charge in [-0.1, -0.05) is 54.6 Å². The van der Waals surface area contributed by atoms with E-state index in [-0.39, 0.29) is 6.03 Å². The molecule has 146 valence electrons. The van der Waals surface area contributed by atoms with Crippen molar-refractivity contribution in [2.24, 2.45) is 0 Å². The van der Waals surface area contributed by atoms with Crippen LogP contribution in [0.5, 0.6) is 0 Å². The number of nitrogens with zero attached hydrogens (tertiary/aromatic N) is 3. The fraction of sp³-hybridized carbons (Fsp3) is 0.273. The van der Waals surface area contributed by atoms with Crippen LogP contribution < -0.4 is 5.32 Å². The Labute approximate surface area is 165 Å². The highest BCUT2D eigenvalue weighted by Gasteiger charge is 2.14. The van der Waals surface area contributed by atoms with E-state index in [4.69, 9.17) is 4.74 Å². The Morgan fingerprint density at radius 2 is 1.82 bits per heavy atom. The minimum atomic E-state index is -0.102. The van der Waals surface area contributed by atoms with Gasteiger partial charge in [-0.05, 0) is 22.8 Å². The highest BCUT2D eigenvalue weighted by Crippen LogP contribution is 2.11. The summed E-state index contributed by atoms with van der Waals surface area (Å²) in [6.45, 7) is 2.72. The molecule has 1 N–H and O–H groups in total. The Morgan fingerprint density at radius 3 is 2.54 bits per heavy atom. The van der Waals surface area contributed by atoms with Gasteiger partial charge in [0.25, 0.3) is 0 Å². The van der Waals surface area contributed by atoms with E-state index in [9.17, 15) is 4.79 Å². The van der Waals surface area contributed by atoms with E-state index in [1.54, 1.807) is 18.2 Å². The molecule has 6 heteroatoms. The Balaban J connectivity index is 1.63. The number of rotatable bonds is 9. The first-order chi connectivity index (χ1) is 13.8. The van der Waals surface area contributed by atoms with Gasteiger partial charge in [0.2, 0.25) is 0 Å². The number of urea groups is 1. The normalized spacial score (nSPS) is 10.6. The standard InChI is InChI=1S/C22H26N4O2/c1-28-15-14-25(17-19-8-3-2-4-9-19)22(27)23-16-20-10-5-6-11-21(20)18-26-13-7-12-24-26/h2-13H,14-18H2,1H3,(H,23,27). The minimum Gasteiger partial charge on any atom is -0.383 e. The second kappa shape index (κ2) is 10.3. The molecule has 0 saturated heterocycles. The quantitative estimate of drug-likeness (QED) is 0.622. The predicted molar refractivity (Wildman–Crippen MR) is 109 cm³/mol. The van der Waals surface area contributed by atoms with E-state index >= 15 is 0 Å². The third kappa shape index (κ3) is 5.69. The van der Waals surface area contributed by atoms with E-state index in [1.165, 1.54) is 0 Å². The van der Waals surface area contributed by atoms with Crippen LogP contribution in [0.15, 0.2) is 73.1 Å². The van der Waals surface area contributed by atoms with Crippen molar-refractivity contribution in [1.82, 2.24) is 20.0 Å². The summed E-state index contributed by atoms with van der Waals surface area (Å²) >= 11 is 0. The maximum absolute atomic E-state index is 12.8. The van der Waals surface area contributed by atoms with Crippen LogP contribution in [0.25, 0.3) is 0 Å². The Morgan fingerprint density at radius 1 is 1.07 bits per heavy atom. The lowest BCUT2D eigenvalue weighted by molar-refractivity contribution is 0.146. The van der Waals surface area contributed by atoms with Crippen LogP contribution in [-0.2, 0) is 24.4 Å². The van der Waals surface area contributed by atoms with E-state index in [1.807, 2.05) is 65.5 Å².